The zero-order valence-corrected chi connectivity index (χ0v) is 26.8. The second-order valence-electron chi connectivity index (χ2n) is 12.2. The van der Waals surface area contributed by atoms with Crippen LogP contribution in [0.25, 0.3) is 0 Å². The van der Waals surface area contributed by atoms with Crippen LogP contribution in [0.2, 0.25) is 0 Å². The number of nitrogens with zero attached hydrogens (tertiary/aromatic N) is 3. The highest BCUT2D eigenvalue weighted by molar-refractivity contribution is 6.07. The maximum atomic E-state index is 14.9. The first-order valence-corrected chi connectivity index (χ1v) is 15.9. The summed E-state index contributed by atoms with van der Waals surface area (Å²) in [4.78, 5) is 48.8. The maximum Gasteiger partial charge on any atom is 0.253 e. The molecule has 1 N–H and O–H groups in total. The molecule has 3 aliphatic heterocycles. The minimum absolute atomic E-state index is 0.233. The fourth-order valence-corrected chi connectivity index (χ4v) is 7.78. The number of benzene rings is 2. The fraction of sp³-hybridized carbons (Fsp3) is 0.472. The predicted molar refractivity (Wildman–Crippen MR) is 174 cm³/mol. The van der Waals surface area contributed by atoms with Gasteiger partial charge in [0.2, 0.25) is 11.8 Å². The largest absolute Gasteiger partial charge is 0.494 e. The van der Waals surface area contributed by atoms with Crippen molar-refractivity contribution in [2.24, 2.45) is 11.8 Å². The van der Waals surface area contributed by atoms with Crippen LogP contribution in [0.15, 0.2) is 67.8 Å². The van der Waals surface area contributed by atoms with Crippen LogP contribution in [0.1, 0.15) is 44.2 Å². The van der Waals surface area contributed by atoms with Gasteiger partial charge in [-0.05, 0) is 75.4 Å². The van der Waals surface area contributed by atoms with Crippen LogP contribution < -0.4 is 14.5 Å². The number of amides is 3. The monoisotopic (exact) mass is 615 g/mol. The van der Waals surface area contributed by atoms with Gasteiger partial charge in [0.15, 0.2) is 0 Å². The molecule has 9 heteroatoms. The van der Waals surface area contributed by atoms with E-state index in [2.05, 4.69) is 13.2 Å². The molecule has 3 amide bonds. The van der Waals surface area contributed by atoms with E-state index in [0.717, 1.165) is 16.8 Å². The molecule has 1 spiro atoms. The van der Waals surface area contributed by atoms with E-state index < -0.39 is 35.6 Å². The van der Waals surface area contributed by atoms with Crippen molar-refractivity contribution in [3.63, 3.8) is 0 Å². The molecule has 2 unspecified atom stereocenters. The first-order chi connectivity index (χ1) is 21.7. The Balaban J connectivity index is 1.58. The number of ether oxygens (including phenoxy) is 2. The standard InChI is InChI=1S/C36H45N3O6/c1-7-20-37(26-14-16-27(17-15-26)44-10-4)33(41)29-28-18-19-36(45-28)30(29)34(42)39(25(9-3)22-40)32(36)35(43)38(21-8-2)31-23(5)12-11-13-24(31)6/h7-8,11-17,25,28-30,32,40H,1-2,9-10,18-22H2,3-6H3/t25-,28+,29-,30-,32?,36?/m0/s1. The molecule has 3 saturated heterocycles. The lowest BCUT2D eigenvalue weighted by Gasteiger charge is -2.39. The second kappa shape index (κ2) is 13.2. The second-order valence-corrected chi connectivity index (χ2v) is 12.2. The summed E-state index contributed by atoms with van der Waals surface area (Å²) in [5.74, 6) is -1.82. The molecule has 2 aromatic carbocycles. The van der Waals surface area contributed by atoms with E-state index in [1.807, 2.05) is 70.2 Å². The van der Waals surface area contributed by atoms with Crippen molar-refractivity contribution in [1.29, 1.82) is 0 Å². The topological polar surface area (TPSA) is 99.6 Å². The Kier molecular flexibility index (Phi) is 9.51. The number of aliphatic hydroxyl groups excluding tert-OH is 1. The van der Waals surface area contributed by atoms with Gasteiger partial charge in [-0.2, -0.15) is 0 Å². The highest BCUT2D eigenvalue weighted by Gasteiger charge is 2.75. The van der Waals surface area contributed by atoms with Crippen LogP contribution in [-0.2, 0) is 19.1 Å². The van der Waals surface area contributed by atoms with E-state index in [1.165, 1.54) is 4.90 Å². The molecule has 5 rings (SSSR count). The Labute approximate surface area is 266 Å². The van der Waals surface area contributed by atoms with Gasteiger partial charge in [-0.1, -0.05) is 37.3 Å². The normalized spacial score (nSPS) is 25.5. The average molecular weight is 616 g/mol. The number of fused-ring (bicyclic) bond motifs is 1. The molecule has 3 fully saturated rings. The third-order valence-corrected chi connectivity index (χ3v) is 9.66. The molecule has 3 aliphatic rings. The van der Waals surface area contributed by atoms with Crippen molar-refractivity contribution in [1.82, 2.24) is 4.90 Å². The Hall–Kier alpha value is -3.95. The lowest BCUT2D eigenvalue weighted by molar-refractivity contribution is -0.144. The summed E-state index contributed by atoms with van der Waals surface area (Å²) in [6.45, 7) is 16.2. The number of para-hydroxylation sites is 1. The van der Waals surface area contributed by atoms with Crippen LogP contribution >= 0.6 is 0 Å². The number of hydrogen-bond acceptors (Lipinski definition) is 6. The molecule has 0 saturated carbocycles. The van der Waals surface area contributed by atoms with Gasteiger partial charge in [0.05, 0.1) is 37.2 Å². The van der Waals surface area contributed by atoms with Crippen LogP contribution in [-0.4, -0.2) is 77.8 Å². The van der Waals surface area contributed by atoms with E-state index in [1.54, 1.807) is 22.0 Å². The summed E-state index contributed by atoms with van der Waals surface area (Å²) >= 11 is 0. The minimum atomic E-state index is -1.20. The van der Waals surface area contributed by atoms with Gasteiger partial charge < -0.3 is 29.3 Å². The predicted octanol–water partition coefficient (Wildman–Crippen LogP) is 4.59. The first kappa shape index (κ1) is 32.4. The first-order valence-electron chi connectivity index (χ1n) is 15.9. The van der Waals surface area contributed by atoms with Gasteiger partial charge >= 0.3 is 0 Å². The lowest BCUT2D eigenvalue weighted by Crippen LogP contribution is -2.59. The number of aliphatic hydroxyl groups is 1. The van der Waals surface area contributed by atoms with E-state index in [4.69, 9.17) is 9.47 Å². The SMILES string of the molecule is C=CCN(C(=O)[C@@H]1[C@H]2C(=O)N([C@@H](CC)CO)C(C(=O)N(CC=C)c3c(C)cccc3C)C23CC[C@H]1O3)c1ccc(OCC)cc1. The van der Waals surface area contributed by atoms with Crippen molar-refractivity contribution in [3.8, 4) is 5.75 Å². The van der Waals surface area contributed by atoms with Gasteiger partial charge in [0.25, 0.3) is 5.91 Å². The Morgan fingerprint density at radius 2 is 1.71 bits per heavy atom. The van der Waals surface area contributed by atoms with Gasteiger partial charge in [-0.15, -0.1) is 13.2 Å². The molecule has 2 aromatic rings. The molecule has 9 nitrogen and oxygen atoms in total. The summed E-state index contributed by atoms with van der Waals surface area (Å²) < 4.78 is 12.3. The van der Waals surface area contributed by atoms with Crippen LogP contribution in [0, 0.1) is 25.7 Å². The summed E-state index contributed by atoms with van der Waals surface area (Å²) in [7, 11) is 0. The number of anilines is 2. The molecule has 0 aromatic heterocycles. The van der Waals surface area contributed by atoms with Gasteiger partial charge in [-0.25, -0.2) is 0 Å². The smallest absolute Gasteiger partial charge is 0.253 e. The molecule has 45 heavy (non-hydrogen) atoms. The summed E-state index contributed by atoms with van der Waals surface area (Å²) in [6, 6.07) is 11.5. The molecule has 3 heterocycles. The third kappa shape index (κ3) is 5.36. The zero-order chi connectivity index (χ0) is 32.5. The number of carbonyl (C=O) groups is 3. The number of likely N-dealkylation sites (tertiary alicyclic amines) is 1. The molecule has 2 bridgehead atoms. The Morgan fingerprint density at radius 3 is 2.29 bits per heavy atom. The van der Waals surface area contributed by atoms with Crippen molar-refractivity contribution in [3.05, 3.63) is 78.9 Å². The molecular formula is C36H45N3O6. The highest BCUT2D eigenvalue weighted by Crippen LogP contribution is 2.59. The molecule has 0 aliphatic carbocycles. The Morgan fingerprint density at radius 1 is 1.07 bits per heavy atom. The van der Waals surface area contributed by atoms with Gasteiger partial charge in [-0.3, -0.25) is 14.4 Å². The van der Waals surface area contributed by atoms with Crippen LogP contribution in [0.4, 0.5) is 11.4 Å². The van der Waals surface area contributed by atoms with E-state index in [9.17, 15) is 19.5 Å². The van der Waals surface area contributed by atoms with Crippen molar-refractivity contribution in [2.75, 3.05) is 36.1 Å². The zero-order valence-electron chi connectivity index (χ0n) is 26.8. The van der Waals surface area contributed by atoms with E-state index in [-0.39, 0.29) is 37.4 Å². The van der Waals surface area contributed by atoms with Crippen molar-refractivity contribution >= 4 is 29.1 Å². The van der Waals surface area contributed by atoms with Crippen LogP contribution in [0.5, 0.6) is 5.75 Å². The average Bonchev–Trinajstić information content (AvgIpc) is 3.68. The molecule has 240 valence electrons. The third-order valence-electron chi connectivity index (χ3n) is 9.66. The number of rotatable bonds is 13. The molecular weight excluding hydrogens is 570 g/mol. The highest BCUT2D eigenvalue weighted by atomic mass is 16.5. The van der Waals surface area contributed by atoms with Gasteiger partial charge in [0, 0.05) is 24.5 Å². The quantitative estimate of drug-likeness (QED) is 0.331. The fourth-order valence-electron chi connectivity index (χ4n) is 7.78. The summed E-state index contributed by atoms with van der Waals surface area (Å²) in [5, 5.41) is 10.5. The summed E-state index contributed by atoms with van der Waals surface area (Å²) in [5.41, 5.74) is 2.06. The lowest BCUT2D eigenvalue weighted by atomic mass is 9.70. The van der Waals surface area contributed by atoms with Crippen LogP contribution in [0.3, 0.4) is 0 Å². The maximum absolute atomic E-state index is 14.9. The van der Waals surface area contributed by atoms with E-state index in [0.29, 0.717) is 37.3 Å². The minimum Gasteiger partial charge on any atom is -0.494 e. The Bertz CT molecular complexity index is 1430. The van der Waals surface area contributed by atoms with Crippen molar-refractivity contribution in [2.45, 2.75) is 70.7 Å². The summed E-state index contributed by atoms with van der Waals surface area (Å²) in [6.07, 6.45) is 4.27. The molecule has 6 atom stereocenters. The van der Waals surface area contributed by atoms with E-state index >= 15 is 0 Å². The number of aryl methyl sites for hydroxylation is 2. The van der Waals surface area contributed by atoms with Crippen molar-refractivity contribution < 1.29 is 29.0 Å². The molecule has 0 radical (unpaired) electrons. The number of carbonyl (C=O) groups excluding carboxylic acids is 3. The number of hydrogen-bond donors (Lipinski definition) is 1. The van der Waals surface area contributed by atoms with Gasteiger partial charge in [0.1, 0.15) is 17.4 Å².